The number of nitrogens with one attached hydrogen (secondary N) is 1. The molecule has 28 heavy (non-hydrogen) atoms. The van der Waals surface area contributed by atoms with Crippen molar-refractivity contribution in [3.8, 4) is 0 Å². The van der Waals surface area contributed by atoms with Crippen molar-refractivity contribution < 1.29 is 9.59 Å². The molecule has 4 nitrogen and oxygen atoms in total. The monoisotopic (exact) mass is 370 g/mol. The minimum Gasteiger partial charge on any atom is -0.324 e. The molecule has 2 amide bonds. The van der Waals surface area contributed by atoms with Crippen molar-refractivity contribution in [1.82, 2.24) is 4.90 Å². The van der Waals surface area contributed by atoms with Gasteiger partial charge in [-0.05, 0) is 48.2 Å². The molecule has 3 aromatic rings. The fourth-order valence-corrected chi connectivity index (χ4v) is 3.67. The molecule has 0 aliphatic carbocycles. The van der Waals surface area contributed by atoms with Crippen molar-refractivity contribution in [2.24, 2.45) is 0 Å². The first kappa shape index (κ1) is 18.0. The zero-order valence-electron chi connectivity index (χ0n) is 16.0. The highest BCUT2D eigenvalue weighted by molar-refractivity contribution is 6.04. The number of rotatable bonds is 4. The molecule has 1 N–H and O–H groups in total. The van der Waals surface area contributed by atoms with Crippen LogP contribution < -0.4 is 5.32 Å². The second kappa shape index (κ2) is 7.31. The third kappa shape index (κ3) is 3.29. The van der Waals surface area contributed by atoms with E-state index in [1.165, 1.54) is 0 Å². The summed E-state index contributed by atoms with van der Waals surface area (Å²) in [7, 11) is 0. The average molecular weight is 370 g/mol. The van der Waals surface area contributed by atoms with E-state index in [-0.39, 0.29) is 11.8 Å². The Balaban J connectivity index is 1.70. The Morgan fingerprint density at radius 2 is 1.68 bits per heavy atom. The van der Waals surface area contributed by atoms with E-state index in [2.05, 4.69) is 5.32 Å². The maximum Gasteiger partial charge on any atom is 0.255 e. The molecule has 0 aromatic heterocycles. The lowest BCUT2D eigenvalue weighted by Crippen LogP contribution is -2.37. The van der Waals surface area contributed by atoms with Crippen LogP contribution in [0.5, 0.6) is 0 Å². The summed E-state index contributed by atoms with van der Waals surface area (Å²) >= 11 is 0. The first-order chi connectivity index (χ1) is 13.5. The Morgan fingerprint density at radius 3 is 2.43 bits per heavy atom. The summed E-state index contributed by atoms with van der Waals surface area (Å²) in [4.78, 5) is 28.0. The quantitative estimate of drug-likeness (QED) is 0.727. The van der Waals surface area contributed by atoms with Gasteiger partial charge in [-0.1, -0.05) is 60.7 Å². The number of hydrogen-bond acceptors (Lipinski definition) is 2. The van der Waals surface area contributed by atoms with Crippen LogP contribution in [0.2, 0.25) is 0 Å². The number of hydrogen-bond donors (Lipinski definition) is 1. The maximum atomic E-state index is 13.4. The van der Waals surface area contributed by atoms with Crippen LogP contribution in [0.4, 0.5) is 5.69 Å². The van der Waals surface area contributed by atoms with E-state index in [0.717, 1.165) is 27.9 Å². The first-order valence-electron chi connectivity index (χ1n) is 9.36. The van der Waals surface area contributed by atoms with Crippen LogP contribution in [0.1, 0.15) is 38.7 Å². The Hall–Kier alpha value is -3.40. The van der Waals surface area contributed by atoms with Crippen LogP contribution in [0.3, 0.4) is 0 Å². The van der Waals surface area contributed by atoms with Gasteiger partial charge in [-0.3, -0.25) is 9.59 Å². The van der Waals surface area contributed by atoms with Gasteiger partial charge in [0.1, 0.15) is 6.04 Å². The minimum atomic E-state index is -0.694. The number of carbonyl (C=O) groups is 2. The van der Waals surface area contributed by atoms with Gasteiger partial charge in [0.2, 0.25) is 0 Å². The van der Waals surface area contributed by atoms with Crippen molar-refractivity contribution in [2.45, 2.75) is 26.4 Å². The van der Waals surface area contributed by atoms with Gasteiger partial charge < -0.3 is 10.2 Å². The number of anilines is 1. The standard InChI is InChI=1S/C24H22N2O2/c1-16-12-13-17(2)21(14-16)25-23(27)22(18-8-4-3-5-9-18)26-15-19-10-6-7-11-20(19)24(26)28/h3-14,22H,15H2,1-2H3,(H,25,27)/t22-/m1/s1. The summed E-state index contributed by atoms with van der Waals surface area (Å²) in [5.74, 6) is -0.318. The fourth-order valence-electron chi connectivity index (χ4n) is 3.67. The Kier molecular flexibility index (Phi) is 4.70. The lowest BCUT2D eigenvalue weighted by molar-refractivity contribution is -0.120. The van der Waals surface area contributed by atoms with Gasteiger partial charge in [0, 0.05) is 17.8 Å². The number of carbonyl (C=O) groups excluding carboxylic acids is 2. The molecular formula is C24H22N2O2. The number of amides is 2. The Labute approximate surface area is 164 Å². The van der Waals surface area contributed by atoms with Crippen molar-refractivity contribution in [3.63, 3.8) is 0 Å². The van der Waals surface area contributed by atoms with Gasteiger partial charge in [-0.2, -0.15) is 0 Å². The highest BCUT2D eigenvalue weighted by atomic mass is 16.2. The fraction of sp³-hybridized carbons (Fsp3) is 0.167. The summed E-state index contributed by atoms with van der Waals surface area (Å²) < 4.78 is 0. The molecule has 1 heterocycles. The summed E-state index contributed by atoms with van der Waals surface area (Å²) in [6.07, 6.45) is 0. The summed E-state index contributed by atoms with van der Waals surface area (Å²) in [6, 6.07) is 22.3. The zero-order chi connectivity index (χ0) is 19.7. The van der Waals surface area contributed by atoms with Gasteiger partial charge in [0.25, 0.3) is 11.8 Å². The molecule has 1 aliphatic heterocycles. The molecule has 0 radical (unpaired) electrons. The highest BCUT2D eigenvalue weighted by Gasteiger charge is 2.37. The Morgan fingerprint density at radius 1 is 0.964 bits per heavy atom. The summed E-state index contributed by atoms with van der Waals surface area (Å²) in [5, 5.41) is 3.04. The predicted molar refractivity (Wildman–Crippen MR) is 110 cm³/mol. The number of fused-ring (bicyclic) bond motifs is 1. The second-order valence-corrected chi connectivity index (χ2v) is 7.21. The molecule has 1 aliphatic rings. The third-order valence-corrected chi connectivity index (χ3v) is 5.18. The van der Waals surface area contributed by atoms with E-state index in [0.29, 0.717) is 12.1 Å². The lowest BCUT2D eigenvalue weighted by Gasteiger charge is -2.27. The molecule has 0 saturated heterocycles. The van der Waals surface area contributed by atoms with E-state index in [1.807, 2.05) is 86.6 Å². The largest absolute Gasteiger partial charge is 0.324 e. The zero-order valence-corrected chi connectivity index (χ0v) is 16.0. The number of nitrogens with zero attached hydrogens (tertiary/aromatic N) is 1. The average Bonchev–Trinajstić information content (AvgIpc) is 3.02. The van der Waals surface area contributed by atoms with Crippen LogP contribution in [-0.4, -0.2) is 16.7 Å². The number of aryl methyl sites for hydroxylation is 2. The maximum absolute atomic E-state index is 13.4. The van der Waals surface area contributed by atoms with Crippen LogP contribution in [0.25, 0.3) is 0 Å². The van der Waals surface area contributed by atoms with E-state index in [1.54, 1.807) is 4.90 Å². The lowest BCUT2D eigenvalue weighted by atomic mass is 10.0. The van der Waals surface area contributed by atoms with Crippen LogP contribution in [0, 0.1) is 13.8 Å². The first-order valence-corrected chi connectivity index (χ1v) is 9.36. The van der Waals surface area contributed by atoms with Crippen molar-refractivity contribution in [3.05, 3.63) is 101 Å². The normalized spacial score (nSPS) is 13.9. The summed E-state index contributed by atoms with van der Waals surface area (Å²) in [5.41, 5.74) is 5.25. The van der Waals surface area contributed by atoms with Crippen molar-refractivity contribution >= 4 is 17.5 Å². The summed E-state index contributed by atoms with van der Waals surface area (Å²) in [6.45, 7) is 4.38. The van der Waals surface area contributed by atoms with Gasteiger partial charge >= 0.3 is 0 Å². The van der Waals surface area contributed by atoms with E-state index >= 15 is 0 Å². The van der Waals surface area contributed by atoms with E-state index in [9.17, 15) is 9.59 Å². The molecule has 4 heteroatoms. The minimum absolute atomic E-state index is 0.111. The van der Waals surface area contributed by atoms with Crippen LogP contribution in [0.15, 0.2) is 72.8 Å². The molecule has 0 unspecified atom stereocenters. The molecule has 0 bridgehead atoms. The molecular weight excluding hydrogens is 348 g/mol. The topological polar surface area (TPSA) is 49.4 Å². The molecule has 4 rings (SSSR count). The third-order valence-electron chi connectivity index (χ3n) is 5.18. The van der Waals surface area contributed by atoms with Gasteiger partial charge in [0.05, 0.1) is 0 Å². The van der Waals surface area contributed by atoms with Gasteiger partial charge in [0.15, 0.2) is 0 Å². The van der Waals surface area contributed by atoms with E-state index < -0.39 is 6.04 Å². The molecule has 3 aromatic carbocycles. The SMILES string of the molecule is Cc1ccc(C)c(NC(=O)[C@@H](c2ccccc2)N2Cc3ccccc3C2=O)c1. The second-order valence-electron chi connectivity index (χ2n) is 7.21. The molecule has 0 spiro atoms. The van der Waals surface area contributed by atoms with Crippen LogP contribution in [-0.2, 0) is 11.3 Å². The van der Waals surface area contributed by atoms with Crippen LogP contribution >= 0.6 is 0 Å². The molecule has 1 atom stereocenters. The highest BCUT2D eigenvalue weighted by Crippen LogP contribution is 2.32. The molecule has 0 saturated carbocycles. The predicted octanol–water partition coefficient (Wildman–Crippen LogP) is 4.64. The van der Waals surface area contributed by atoms with Crippen molar-refractivity contribution in [2.75, 3.05) is 5.32 Å². The molecule has 0 fully saturated rings. The number of benzene rings is 3. The van der Waals surface area contributed by atoms with Gasteiger partial charge in [-0.25, -0.2) is 0 Å². The van der Waals surface area contributed by atoms with Gasteiger partial charge in [-0.15, -0.1) is 0 Å². The smallest absolute Gasteiger partial charge is 0.255 e. The molecule has 140 valence electrons. The van der Waals surface area contributed by atoms with E-state index in [4.69, 9.17) is 0 Å². The Bertz CT molecular complexity index is 1040. The van der Waals surface area contributed by atoms with Crippen molar-refractivity contribution in [1.29, 1.82) is 0 Å².